The Morgan fingerprint density at radius 3 is 2.88 bits per heavy atom. The molecule has 1 aliphatic heterocycles. The highest BCUT2D eigenvalue weighted by atomic mass is 16.2. The van der Waals surface area contributed by atoms with Crippen LogP contribution in [-0.4, -0.2) is 27.6 Å². The lowest BCUT2D eigenvalue weighted by Crippen LogP contribution is -2.30. The molecule has 7 heteroatoms. The summed E-state index contributed by atoms with van der Waals surface area (Å²) < 4.78 is 0. The van der Waals surface area contributed by atoms with Crippen molar-refractivity contribution in [1.29, 1.82) is 0 Å². The molecule has 0 spiro atoms. The lowest BCUT2D eigenvalue weighted by Gasteiger charge is -2.12. The van der Waals surface area contributed by atoms with E-state index in [4.69, 9.17) is 0 Å². The number of ketones is 1. The quantitative estimate of drug-likeness (QED) is 0.787. The largest absolute Gasteiger partial charge is 0.349 e. The van der Waals surface area contributed by atoms with Gasteiger partial charge in [-0.1, -0.05) is 19.1 Å². The summed E-state index contributed by atoms with van der Waals surface area (Å²) >= 11 is 0. The lowest BCUT2D eigenvalue weighted by atomic mass is 9.92. The van der Waals surface area contributed by atoms with E-state index in [9.17, 15) is 14.4 Å². The number of anilines is 1. The first-order valence-corrected chi connectivity index (χ1v) is 7.74. The van der Waals surface area contributed by atoms with Gasteiger partial charge in [0.25, 0.3) is 0 Å². The van der Waals surface area contributed by atoms with Gasteiger partial charge in [0.05, 0.1) is 29.5 Å². The second kappa shape index (κ2) is 5.02. The molecule has 0 bridgehead atoms. The minimum absolute atomic E-state index is 0.167. The Bertz CT molecular complexity index is 845. The second-order valence-corrected chi connectivity index (χ2v) is 6.36. The summed E-state index contributed by atoms with van der Waals surface area (Å²) in [7, 11) is 0. The number of nitrogens with one attached hydrogen (secondary N) is 3. The van der Waals surface area contributed by atoms with Gasteiger partial charge in [0.2, 0.25) is 11.8 Å². The van der Waals surface area contributed by atoms with Crippen LogP contribution in [0.3, 0.4) is 0 Å². The van der Waals surface area contributed by atoms with Crippen LogP contribution < -0.4 is 10.6 Å². The summed E-state index contributed by atoms with van der Waals surface area (Å²) in [5.41, 5.74) is -0.0305. The predicted octanol–water partition coefficient (Wildman–Crippen LogP) is 1.11. The first-order chi connectivity index (χ1) is 11.5. The van der Waals surface area contributed by atoms with Crippen LogP contribution in [0.2, 0.25) is 0 Å². The molecular formula is C17H16N4O3. The summed E-state index contributed by atoms with van der Waals surface area (Å²) in [6.45, 7) is 1.93. The Labute approximate surface area is 137 Å². The summed E-state index contributed by atoms with van der Waals surface area (Å²) in [6.07, 6.45) is 3.26. The number of aromatic nitrogens is 2. The fraction of sp³-hybridized carbons (Fsp3) is 0.294. The van der Waals surface area contributed by atoms with E-state index in [1.54, 1.807) is 43.6 Å². The molecule has 24 heavy (non-hydrogen) atoms. The minimum Gasteiger partial charge on any atom is -0.349 e. The fourth-order valence-corrected chi connectivity index (χ4v) is 3.61. The number of carbonyl (C=O) groups excluding carboxylic acids is 3. The molecule has 1 saturated carbocycles. The minimum atomic E-state index is -0.996. The number of H-pyrrole nitrogens is 1. The van der Waals surface area contributed by atoms with Gasteiger partial charge in [-0.3, -0.25) is 14.4 Å². The Hall–Kier alpha value is -2.96. The molecule has 3 N–H and O–H groups in total. The number of benzene rings is 1. The highest BCUT2D eigenvalue weighted by Crippen LogP contribution is 2.62. The summed E-state index contributed by atoms with van der Waals surface area (Å²) in [4.78, 5) is 44.8. The molecule has 2 heterocycles. The Kier molecular flexibility index (Phi) is 3.06. The molecule has 122 valence electrons. The van der Waals surface area contributed by atoms with Crippen LogP contribution in [-0.2, 0) is 16.1 Å². The molecule has 1 fully saturated rings. The smallest absolute Gasteiger partial charge is 0.229 e. The van der Waals surface area contributed by atoms with Crippen molar-refractivity contribution in [1.82, 2.24) is 15.3 Å². The molecule has 1 aromatic heterocycles. The van der Waals surface area contributed by atoms with Crippen molar-refractivity contribution in [2.24, 2.45) is 17.3 Å². The number of nitrogens with zero attached hydrogens (tertiary/aromatic N) is 1. The van der Waals surface area contributed by atoms with E-state index in [1.807, 2.05) is 0 Å². The van der Waals surface area contributed by atoms with Gasteiger partial charge in [-0.25, -0.2) is 4.98 Å². The van der Waals surface area contributed by atoms with Crippen LogP contribution in [0.1, 0.15) is 23.1 Å². The summed E-state index contributed by atoms with van der Waals surface area (Å²) in [5.74, 6) is -1.44. The Morgan fingerprint density at radius 2 is 2.12 bits per heavy atom. The van der Waals surface area contributed by atoms with Crippen LogP contribution in [0.15, 0.2) is 36.7 Å². The zero-order valence-corrected chi connectivity index (χ0v) is 13.0. The fourth-order valence-electron chi connectivity index (χ4n) is 3.61. The van der Waals surface area contributed by atoms with Crippen molar-refractivity contribution >= 4 is 23.3 Å². The summed E-state index contributed by atoms with van der Waals surface area (Å²) in [6, 6.07) is 6.90. The molecule has 0 saturated heterocycles. The maximum absolute atomic E-state index is 12.9. The molecule has 1 aliphatic carbocycles. The molecule has 2 amide bonds. The first-order valence-electron chi connectivity index (χ1n) is 7.74. The number of imidazole rings is 1. The number of para-hydroxylation sites is 1. The van der Waals surface area contributed by atoms with Crippen LogP contribution in [0.5, 0.6) is 0 Å². The molecule has 2 aliphatic rings. The number of Topliss-reactive ketones (excluding diaryl/α,β-unsaturated/α-hetero) is 1. The normalized spacial score (nSPS) is 27.5. The summed E-state index contributed by atoms with van der Waals surface area (Å²) in [5, 5.41) is 5.51. The van der Waals surface area contributed by atoms with E-state index in [0.717, 1.165) is 0 Å². The maximum Gasteiger partial charge on any atom is 0.229 e. The third-order valence-electron chi connectivity index (χ3n) is 4.99. The van der Waals surface area contributed by atoms with Gasteiger partial charge in [-0.2, -0.15) is 0 Å². The monoisotopic (exact) mass is 324 g/mol. The molecule has 4 rings (SSSR count). The van der Waals surface area contributed by atoms with Gasteiger partial charge in [0.1, 0.15) is 5.82 Å². The standard InChI is InChI=1S/C17H16N4O3/c1-17-12(15(23)20-8-11-18-6-7-19-11)13(17)16(24)21-10-5-3-2-4-9(10)14(17)22/h2-7,12-13H,8H2,1H3,(H,18,19)(H,20,23)(H,21,24)/t12-,13?,17+/m0/s1. The number of fused-ring (bicyclic) bond motifs is 2. The number of hydrogen-bond acceptors (Lipinski definition) is 4. The van der Waals surface area contributed by atoms with E-state index in [-0.39, 0.29) is 24.1 Å². The van der Waals surface area contributed by atoms with Crippen LogP contribution >= 0.6 is 0 Å². The van der Waals surface area contributed by atoms with E-state index in [1.165, 1.54) is 0 Å². The zero-order valence-electron chi connectivity index (χ0n) is 13.0. The highest BCUT2D eigenvalue weighted by Gasteiger charge is 2.73. The number of amides is 2. The second-order valence-electron chi connectivity index (χ2n) is 6.36. The number of rotatable bonds is 3. The van der Waals surface area contributed by atoms with Crippen molar-refractivity contribution in [2.45, 2.75) is 13.5 Å². The van der Waals surface area contributed by atoms with Gasteiger partial charge in [-0.15, -0.1) is 0 Å². The van der Waals surface area contributed by atoms with Crippen molar-refractivity contribution < 1.29 is 14.4 Å². The Balaban J connectivity index is 1.59. The van der Waals surface area contributed by atoms with E-state index in [0.29, 0.717) is 17.1 Å². The number of hydrogen-bond donors (Lipinski definition) is 3. The third kappa shape index (κ3) is 1.97. The topological polar surface area (TPSA) is 104 Å². The molecule has 7 nitrogen and oxygen atoms in total. The average Bonchev–Trinajstić information content (AvgIpc) is 2.95. The van der Waals surface area contributed by atoms with Crippen molar-refractivity contribution in [3.63, 3.8) is 0 Å². The van der Waals surface area contributed by atoms with E-state index < -0.39 is 17.3 Å². The third-order valence-corrected chi connectivity index (χ3v) is 4.99. The van der Waals surface area contributed by atoms with E-state index in [2.05, 4.69) is 20.6 Å². The average molecular weight is 324 g/mol. The van der Waals surface area contributed by atoms with Gasteiger partial charge >= 0.3 is 0 Å². The SMILES string of the molecule is C[C@]12C(=O)c3ccccc3NC(=O)C1[C@H]2C(=O)NCc1ncc[nH]1. The van der Waals surface area contributed by atoms with Crippen molar-refractivity contribution in [3.8, 4) is 0 Å². The van der Waals surface area contributed by atoms with Crippen LogP contribution in [0, 0.1) is 17.3 Å². The van der Waals surface area contributed by atoms with Gasteiger partial charge in [0.15, 0.2) is 5.78 Å². The molecule has 1 aromatic carbocycles. The molecule has 3 atom stereocenters. The molecular weight excluding hydrogens is 308 g/mol. The van der Waals surface area contributed by atoms with Crippen molar-refractivity contribution in [2.75, 3.05) is 5.32 Å². The van der Waals surface area contributed by atoms with Crippen LogP contribution in [0.4, 0.5) is 5.69 Å². The molecule has 1 unspecified atom stereocenters. The van der Waals surface area contributed by atoms with Gasteiger partial charge in [-0.05, 0) is 12.1 Å². The Morgan fingerprint density at radius 1 is 1.33 bits per heavy atom. The van der Waals surface area contributed by atoms with Gasteiger partial charge in [0, 0.05) is 18.0 Å². The number of carbonyl (C=O) groups is 3. The molecule has 0 radical (unpaired) electrons. The van der Waals surface area contributed by atoms with Crippen molar-refractivity contribution in [3.05, 3.63) is 48.0 Å². The van der Waals surface area contributed by atoms with Crippen LogP contribution in [0.25, 0.3) is 0 Å². The maximum atomic E-state index is 12.9. The van der Waals surface area contributed by atoms with Gasteiger partial charge < -0.3 is 15.6 Å². The zero-order chi connectivity index (χ0) is 16.9. The number of aromatic amines is 1. The highest BCUT2D eigenvalue weighted by molar-refractivity contribution is 6.19. The van der Waals surface area contributed by atoms with E-state index >= 15 is 0 Å². The lowest BCUT2D eigenvalue weighted by molar-refractivity contribution is -0.125. The molecule has 2 aromatic rings. The first kappa shape index (κ1) is 14.6. The predicted molar refractivity (Wildman–Crippen MR) is 84.9 cm³/mol.